The summed E-state index contributed by atoms with van der Waals surface area (Å²) in [4.78, 5) is 18.9. The first-order chi connectivity index (χ1) is 16.2. The molecule has 1 saturated heterocycles. The number of aromatic nitrogens is 1. The van der Waals surface area contributed by atoms with Crippen LogP contribution >= 0.6 is 0 Å². The van der Waals surface area contributed by atoms with Crippen molar-refractivity contribution in [3.8, 4) is 5.75 Å². The third-order valence-corrected chi connectivity index (χ3v) is 5.55. The van der Waals surface area contributed by atoms with Gasteiger partial charge in [-0.1, -0.05) is 30.3 Å². The number of nitrogens with zero attached hydrogens (tertiary/aromatic N) is 2. The molecular formula is C27H29N3O3. The van der Waals surface area contributed by atoms with Gasteiger partial charge in [0.25, 0.3) is 0 Å². The van der Waals surface area contributed by atoms with Crippen molar-refractivity contribution in [2.45, 2.75) is 19.6 Å². The third kappa shape index (κ3) is 6.67. The molecule has 170 valence electrons. The Morgan fingerprint density at radius 2 is 1.85 bits per heavy atom. The molecule has 1 atom stereocenters. The summed E-state index contributed by atoms with van der Waals surface area (Å²) in [6.07, 6.45) is 5.10. The maximum atomic E-state index is 12.4. The molecule has 1 aromatic heterocycles. The lowest BCUT2D eigenvalue weighted by Crippen LogP contribution is -2.36. The number of hydrogen-bond donors (Lipinski definition) is 1. The van der Waals surface area contributed by atoms with Gasteiger partial charge in [-0.15, -0.1) is 0 Å². The number of carbonyl (C=O) groups is 1. The highest BCUT2D eigenvalue weighted by Gasteiger charge is 2.12. The number of ether oxygens (including phenoxy) is 2. The minimum absolute atomic E-state index is 0.0803. The molecule has 3 aromatic rings. The first kappa shape index (κ1) is 22.6. The second kappa shape index (κ2) is 11.3. The Morgan fingerprint density at radius 1 is 1.09 bits per heavy atom. The summed E-state index contributed by atoms with van der Waals surface area (Å²) >= 11 is 0. The Bertz CT molecular complexity index is 1040. The maximum Gasteiger partial charge on any atom is 0.244 e. The Morgan fingerprint density at radius 3 is 2.55 bits per heavy atom. The molecule has 1 amide bonds. The van der Waals surface area contributed by atoms with Crippen molar-refractivity contribution in [3.63, 3.8) is 0 Å². The zero-order valence-electron chi connectivity index (χ0n) is 18.8. The highest BCUT2D eigenvalue weighted by atomic mass is 16.5. The van der Waals surface area contributed by atoms with Gasteiger partial charge in [0.1, 0.15) is 12.4 Å². The second-order valence-electron chi connectivity index (χ2n) is 7.93. The van der Waals surface area contributed by atoms with Crippen LogP contribution < -0.4 is 15.0 Å². The monoisotopic (exact) mass is 443 g/mol. The normalized spacial score (nSPS) is 14.8. The van der Waals surface area contributed by atoms with E-state index in [-0.39, 0.29) is 11.9 Å². The van der Waals surface area contributed by atoms with E-state index >= 15 is 0 Å². The third-order valence-electron chi connectivity index (χ3n) is 5.55. The average molecular weight is 444 g/mol. The number of rotatable bonds is 8. The van der Waals surface area contributed by atoms with Gasteiger partial charge >= 0.3 is 0 Å². The highest BCUT2D eigenvalue weighted by Crippen LogP contribution is 2.20. The molecule has 1 unspecified atom stereocenters. The van der Waals surface area contributed by atoms with Gasteiger partial charge in [-0.3, -0.25) is 9.78 Å². The summed E-state index contributed by atoms with van der Waals surface area (Å²) in [6, 6.07) is 21.6. The SMILES string of the molecule is CC(NC(=O)/C=C/c1ccc(OCc2ccccn2)cc1)c1ccc(N2CCOCC2)cc1. The fourth-order valence-electron chi connectivity index (χ4n) is 3.63. The van der Waals surface area contributed by atoms with Crippen LogP contribution in [0.1, 0.15) is 29.8 Å². The van der Waals surface area contributed by atoms with Crippen molar-refractivity contribution >= 4 is 17.7 Å². The van der Waals surface area contributed by atoms with E-state index in [1.54, 1.807) is 18.3 Å². The maximum absolute atomic E-state index is 12.4. The van der Waals surface area contributed by atoms with Crippen LogP contribution in [0.15, 0.2) is 79.0 Å². The molecule has 6 nitrogen and oxygen atoms in total. The van der Waals surface area contributed by atoms with Crippen LogP contribution in [0.2, 0.25) is 0 Å². The Balaban J connectivity index is 1.25. The van der Waals surface area contributed by atoms with Crippen LogP contribution in [0.25, 0.3) is 6.08 Å². The molecule has 33 heavy (non-hydrogen) atoms. The van der Waals surface area contributed by atoms with Gasteiger partial charge in [-0.25, -0.2) is 0 Å². The first-order valence-electron chi connectivity index (χ1n) is 11.2. The van der Waals surface area contributed by atoms with E-state index < -0.39 is 0 Å². The van der Waals surface area contributed by atoms with Crippen LogP contribution in [-0.4, -0.2) is 37.2 Å². The molecule has 0 aliphatic carbocycles. The number of pyridine rings is 1. The summed E-state index contributed by atoms with van der Waals surface area (Å²) in [5.74, 6) is 0.631. The van der Waals surface area contributed by atoms with Crippen LogP contribution in [0.5, 0.6) is 5.75 Å². The molecule has 0 radical (unpaired) electrons. The topological polar surface area (TPSA) is 63.7 Å². The van der Waals surface area contributed by atoms with Crippen LogP contribution in [0, 0.1) is 0 Å². The van der Waals surface area contributed by atoms with Gasteiger partial charge < -0.3 is 19.7 Å². The molecule has 4 rings (SSSR count). The molecule has 1 aliphatic heterocycles. The quantitative estimate of drug-likeness (QED) is 0.523. The predicted octanol–water partition coefficient (Wildman–Crippen LogP) is 4.39. The van der Waals surface area contributed by atoms with Crippen molar-refractivity contribution < 1.29 is 14.3 Å². The first-order valence-corrected chi connectivity index (χ1v) is 11.2. The molecule has 1 N–H and O–H groups in total. The van der Waals surface area contributed by atoms with Gasteiger partial charge in [-0.05, 0) is 60.5 Å². The van der Waals surface area contributed by atoms with Gasteiger partial charge in [0, 0.05) is 31.0 Å². The van der Waals surface area contributed by atoms with Gasteiger partial charge in [0.2, 0.25) is 5.91 Å². The van der Waals surface area contributed by atoms with Crippen molar-refractivity contribution in [1.29, 1.82) is 0 Å². The number of nitrogens with one attached hydrogen (secondary N) is 1. The van der Waals surface area contributed by atoms with E-state index in [9.17, 15) is 4.79 Å². The Hall–Kier alpha value is -3.64. The summed E-state index contributed by atoms with van der Waals surface area (Å²) in [5, 5.41) is 3.02. The largest absolute Gasteiger partial charge is 0.487 e. The second-order valence-corrected chi connectivity index (χ2v) is 7.93. The zero-order valence-corrected chi connectivity index (χ0v) is 18.8. The van der Waals surface area contributed by atoms with E-state index in [0.717, 1.165) is 48.9 Å². The molecule has 0 saturated carbocycles. The predicted molar refractivity (Wildman–Crippen MR) is 130 cm³/mol. The number of anilines is 1. The minimum Gasteiger partial charge on any atom is -0.487 e. The summed E-state index contributed by atoms with van der Waals surface area (Å²) in [5.41, 5.74) is 4.07. The summed E-state index contributed by atoms with van der Waals surface area (Å²) in [7, 11) is 0. The molecule has 6 heteroatoms. The number of hydrogen-bond acceptors (Lipinski definition) is 5. The smallest absolute Gasteiger partial charge is 0.244 e. The van der Waals surface area contributed by atoms with E-state index in [1.165, 1.54) is 5.69 Å². The fourth-order valence-corrected chi connectivity index (χ4v) is 3.63. The number of carbonyl (C=O) groups excluding carboxylic acids is 1. The van der Waals surface area contributed by atoms with Crippen LogP contribution in [0.3, 0.4) is 0 Å². The minimum atomic E-state index is -0.129. The zero-order chi connectivity index (χ0) is 22.9. The lowest BCUT2D eigenvalue weighted by molar-refractivity contribution is -0.117. The summed E-state index contributed by atoms with van der Waals surface area (Å²) < 4.78 is 11.2. The lowest BCUT2D eigenvalue weighted by Gasteiger charge is -2.29. The Labute approximate surface area is 194 Å². The number of morpholine rings is 1. The molecule has 1 aliphatic rings. The van der Waals surface area contributed by atoms with Crippen molar-refractivity contribution in [2.75, 3.05) is 31.2 Å². The van der Waals surface area contributed by atoms with E-state index in [4.69, 9.17) is 9.47 Å². The van der Waals surface area contributed by atoms with Crippen molar-refractivity contribution in [1.82, 2.24) is 10.3 Å². The van der Waals surface area contributed by atoms with Crippen LogP contribution in [0.4, 0.5) is 5.69 Å². The van der Waals surface area contributed by atoms with Gasteiger partial charge in [0.15, 0.2) is 0 Å². The van der Waals surface area contributed by atoms with E-state index in [2.05, 4.69) is 39.5 Å². The standard InChI is InChI=1S/C27H29N3O3/c1-21(23-8-10-25(11-9-23)30-16-18-32-19-17-30)29-27(31)14-7-22-5-12-26(13-6-22)33-20-24-4-2-3-15-28-24/h2-15,21H,16-20H2,1H3,(H,29,31)/b14-7+. The molecule has 0 bridgehead atoms. The molecule has 1 fully saturated rings. The van der Waals surface area contributed by atoms with Crippen molar-refractivity contribution in [3.05, 3.63) is 95.8 Å². The molecule has 0 spiro atoms. The van der Waals surface area contributed by atoms with Gasteiger partial charge in [-0.2, -0.15) is 0 Å². The molecule has 2 heterocycles. The fraction of sp³-hybridized carbons (Fsp3) is 0.259. The highest BCUT2D eigenvalue weighted by molar-refractivity contribution is 5.92. The Kier molecular flexibility index (Phi) is 7.72. The lowest BCUT2D eigenvalue weighted by atomic mass is 10.1. The van der Waals surface area contributed by atoms with Crippen LogP contribution in [-0.2, 0) is 16.1 Å². The summed E-state index contributed by atoms with van der Waals surface area (Å²) in [6.45, 7) is 5.76. The van der Waals surface area contributed by atoms with Gasteiger partial charge in [0.05, 0.1) is 24.9 Å². The molecule has 2 aromatic carbocycles. The van der Waals surface area contributed by atoms with E-state index in [1.807, 2.05) is 49.4 Å². The van der Waals surface area contributed by atoms with E-state index in [0.29, 0.717) is 6.61 Å². The average Bonchev–Trinajstić information content (AvgIpc) is 2.88. The number of amides is 1. The molecular weight excluding hydrogens is 414 g/mol. The number of benzene rings is 2. The van der Waals surface area contributed by atoms with Crippen molar-refractivity contribution in [2.24, 2.45) is 0 Å².